The molecule has 6 heteroatoms. The molecule has 1 aromatic rings. The summed E-state index contributed by atoms with van der Waals surface area (Å²) in [6.07, 6.45) is 3.55. The summed E-state index contributed by atoms with van der Waals surface area (Å²) in [6.45, 7) is 10.5. The molecule has 3 heterocycles. The molecule has 2 N–H and O–H groups in total. The van der Waals surface area contributed by atoms with Gasteiger partial charge in [0, 0.05) is 58.6 Å². The minimum atomic E-state index is 0.777. The maximum Gasteiger partial charge on any atom is 0.0738 e. The van der Waals surface area contributed by atoms with Crippen LogP contribution < -0.4 is 10.6 Å². The van der Waals surface area contributed by atoms with E-state index in [1.165, 1.54) is 0 Å². The summed E-state index contributed by atoms with van der Waals surface area (Å²) >= 11 is 0. The van der Waals surface area contributed by atoms with Crippen molar-refractivity contribution in [1.29, 1.82) is 0 Å². The molecule has 2 saturated heterocycles. The molecule has 0 radical (unpaired) electrons. The van der Waals surface area contributed by atoms with E-state index in [0.29, 0.717) is 0 Å². The fourth-order valence-corrected chi connectivity index (χ4v) is 3.01. The number of hydrogen-bond donors (Lipinski definition) is 1. The molecule has 116 valence electrons. The predicted octanol–water partition coefficient (Wildman–Crippen LogP) is 0.118. The third kappa shape index (κ3) is 3.84. The Labute approximate surface area is 126 Å². The van der Waals surface area contributed by atoms with E-state index in [0.717, 1.165) is 76.9 Å². The van der Waals surface area contributed by atoms with Crippen LogP contribution in [0.5, 0.6) is 0 Å². The molecule has 0 amide bonds. The van der Waals surface area contributed by atoms with E-state index in [9.17, 15) is 0 Å². The first-order valence-corrected chi connectivity index (χ1v) is 7.80. The number of ether oxygens (including phenoxy) is 1. The maximum atomic E-state index is 6.01. The molecule has 0 spiro atoms. The second-order valence-electron chi connectivity index (χ2n) is 5.72. The Kier molecular flexibility index (Phi) is 4.90. The van der Waals surface area contributed by atoms with E-state index in [-0.39, 0.29) is 0 Å². The average molecular weight is 291 g/mol. The lowest BCUT2D eigenvalue weighted by molar-refractivity contribution is 0.0331. The third-order valence-electron chi connectivity index (χ3n) is 4.38. The molecular formula is C15H25N5O. The quantitative estimate of drug-likeness (QED) is 0.850. The molecule has 0 aliphatic carbocycles. The standard InChI is InChI=1S/C15H25N5O/c16-14-13-17-2-1-15(14)20-7-5-18(6-8-20)3-4-19-9-11-21-12-10-19/h1-2,13H,3-12,16H2. The van der Waals surface area contributed by atoms with Gasteiger partial charge in [0.2, 0.25) is 0 Å². The van der Waals surface area contributed by atoms with Crippen molar-refractivity contribution in [3.63, 3.8) is 0 Å². The van der Waals surface area contributed by atoms with Gasteiger partial charge in [-0.05, 0) is 6.07 Å². The summed E-state index contributed by atoms with van der Waals surface area (Å²) in [7, 11) is 0. The number of hydrogen-bond acceptors (Lipinski definition) is 6. The van der Waals surface area contributed by atoms with Crippen LogP contribution in [-0.2, 0) is 4.74 Å². The number of pyridine rings is 1. The normalized spacial score (nSPS) is 21.6. The van der Waals surface area contributed by atoms with Crippen molar-refractivity contribution in [3.05, 3.63) is 18.5 Å². The zero-order chi connectivity index (χ0) is 14.5. The second-order valence-corrected chi connectivity index (χ2v) is 5.72. The Morgan fingerprint density at radius 3 is 2.33 bits per heavy atom. The molecule has 0 unspecified atom stereocenters. The molecule has 2 aliphatic rings. The summed E-state index contributed by atoms with van der Waals surface area (Å²) in [4.78, 5) is 11.5. The minimum Gasteiger partial charge on any atom is -0.396 e. The van der Waals surface area contributed by atoms with Crippen molar-refractivity contribution in [3.8, 4) is 0 Å². The third-order valence-corrected chi connectivity index (χ3v) is 4.38. The average Bonchev–Trinajstić information content (AvgIpc) is 2.55. The van der Waals surface area contributed by atoms with Crippen LogP contribution in [0.4, 0.5) is 11.4 Å². The number of aromatic nitrogens is 1. The SMILES string of the molecule is Nc1cnccc1N1CCN(CCN2CCOCC2)CC1. The summed E-state index contributed by atoms with van der Waals surface area (Å²) in [5, 5.41) is 0. The number of rotatable bonds is 4. The molecule has 0 bridgehead atoms. The van der Waals surface area contributed by atoms with Gasteiger partial charge in [0.15, 0.2) is 0 Å². The Hall–Kier alpha value is -1.37. The Morgan fingerprint density at radius 1 is 1.00 bits per heavy atom. The first-order chi connectivity index (χ1) is 10.3. The monoisotopic (exact) mass is 291 g/mol. The van der Waals surface area contributed by atoms with Crippen molar-refractivity contribution in [2.45, 2.75) is 0 Å². The van der Waals surface area contributed by atoms with Crippen LogP contribution in [0.2, 0.25) is 0 Å². The van der Waals surface area contributed by atoms with Gasteiger partial charge in [0.1, 0.15) is 0 Å². The van der Waals surface area contributed by atoms with Crippen LogP contribution >= 0.6 is 0 Å². The first-order valence-electron chi connectivity index (χ1n) is 7.80. The van der Waals surface area contributed by atoms with Crippen molar-refractivity contribution in [1.82, 2.24) is 14.8 Å². The topological polar surface area (TPSA) is 57.9 Å². The van der Waals surface area contributed by atoms with Gasteiger partial charge >= 0.3 is 0 Å². The first kappa shape index (κ1) is 14.6. The van der Waals surface area contributed by atoms with Gasteiger partial charge in [-0.15, -0.1) is 0 Å². The lowest BCUT2D eigenvalue weighted by Gasteiger charge is -2.37. The van der Waals surface area contributed by atoms with E-state index in [2.05, 4.69) is 19.7 Å². The Bertz CT molecular complexity index is 441. The van der Waals surface area contributed by atoms with Crippen molar-refractivity contribution in [2.75, 3.05) is 76.2 Å². The summed E-state index contributed by atoms with van der Waals surface area (Å²) < 4.78 is 5.39. The Balaban J connectivity index is 1.43. The van der Waals surface area contributed by atoms with Crippen LogP contribution in [0.1, 0.15) is 0 Å². The molecule has 21 heavy (non-hydrogen) atoms. The maximum absolute atomic E-state index is 6.01. The fourth-order valence-electron chi connectivity index (χ4n) is 3.01. The van der Waals surface area contributed by atoms with E-state index >= 15 is 0 Å². The van der Waals surface area contributed by atoms with Gasteiger partial charge in [0.05, 0.1) is 30.8 Å². The molecule has 2 aliphatic heterocycles. The van der Waals surface area contributed by atoms with E-state index in [1.807, 2.05) is 12.3 Å². The molecule has 1 aromatic heterocycles. The Morgan fingerprint density at radius 2 is 1.67 bits per heavy atom. The van der Waals surface area contributed by atoms with Crippen molar-refractivity contribution >= 4 is 11.4 Å². The number of morpholine rings is 1. The van der Waals surface area contributed by atoms with Gasteiger partial charge in [-0.2, -0.15) is 0 Å². The fraction of sp³-hybridized carbons (Fsp3) is 0.667. The van der Waals surface area contributed by atoms with Crippen LogP contribution in [0.25, 0.3) is 0 Å². The van der Waals surface area contributed by atoms with Gasteiger partial charge in [-0.25, -0.2) is 0 Å². The number of nitrogens with zero attached hydrogens (tertiary/aromatic N) is 4. The van der Waals surface area contributed by atoms with Crippen LogP contribution in [0.15, 0.2) is 18.5 Å². The highest BCUT2D eigenvalue weighted by Crippen LogP contribution is 2.22. The van der Waals surface area contributed by atoms with Crippen LogP contribution in [0, 0.1) is 0 Å². The highest BCUT2D eigenvalue weighted by molar-refractivity contribution is 5.66. The number of anilines is 2. The molecule has 0 atom stereocenters. The molecule has 6 nitrogen and oxygen atoms in total. The van der Waals surface area contributed by atoms with Crippen molar-refractivity contribution < 1.29 is 4.74 Å². The van der Waals surface area contributed by atoms with E-state index < -0.39 is 0 Å². The van der Waals surface area contributed by atoms with Crippen LogP contribution in [-0.4, -0.2) is 80.4 Å². The molecule has 3 rings (SSSR count). The zero-order valence-corrected chi connectivity index (χ0v) is 12.6. The molecular weight excluding hydrogens is 266 g/mol. The van der Waals surface area contributed by atoms with Gasteiger partial charge in [-0.1, -0.05) is 0 Å². The van der Waals surface area contributed by atoms with Crippen molar-refractivity contribution in [2.24, 2.45) is 0 Å². The van der Waals surface area contributed by atoms with Crippen LogP contribution in [0.3, 0.4) is 0 Å². The summed E-state index contributed by atoms with van der Waals surface area (Å²) in [5.41, 5.74) is 7.91. The molecule has 2 fully saturated rings. The summed E-state index contributed by atoms with van der Waals surface area (Å²) in [5.74, 6) is 0. The predicted molar refractivity (Wildman–Crippen MR) is 84.6 cm³/mol. The van der Waals surface area contributed by atoms with Gasteiger partial charge < -0.3 is 15.4 Å². The highest BCUT2D eigenvalue weighted by atomic mass is 16.5. The van der Waals surface area contributed by atoms with E-state index in [1.54, 1.807) is 6.20 Å². The second kappa shape index (κ2) is 7.06. The number of piperazine rings is 1. The summed E-state index contributed by atoms with van der Waals surface area (Å²) in [6, 6.07) is 2.01. The van der Waals surface area contributed by atoms with Gasteiger partial charge in [0.25, 0.3) is 0 Å². The minimum absolute atomic E-state index is 0.777. The number of nitrogens with two attached hydrogens (primary N) is 1. The number of nitrogen functional groups attached to an aromatic ring is 1. The van der Waals surface area contributed by atoms with Gasteiger partial charge in [-0.3, -0.25) is 14.8 Å². The molecule has 0 aromatic carbocycles. The largest absolute Gasteiger partial charge is 0.396 e. The zero-order valence-electron chi connectivity index (χ0n) is 12.6. The van der Waals surface area contributed by atoms with E-state index in [4.69, 9.17) is 10.5 Å². The highest BCUT2D eigenvalue weighted by Gasteiger charge is 2.19. The lowest BCUT2D eigenvalue weighted by Crippen LogP contribution is -2.49. The smallest absolute Gasteiger partial charge is 0.0738 e. The lowest BCUT2D eigenvalue weighted by atomic mass is 10.2. The molecule has 0 saturated carbocycles.